The lowest BCUT2D eigenvalue weighted by atomic mass is 9.92. The van der Waals surface area contributed by atoms with Crippen LogP contribution < -0.4 is 5.32 Å². The molecule has 0 fully saturated rings. The van der Waals surface area contributed by atoms with Gasteiger partial charge in [0.15, 0.2) is 0 Å². The highest BCUT2D eigenvalue weighted by molar-refractivity contribution is 5.94. The number of amides is 2. The number of unbranched alkanes of at least 4 members (excludes halogenated alkanes) is 1. The van der Waals surface area contributed by atoms with Crippen molar-refractivity contribution in [3.63, 3.8) is 0 Å². The van der Waals surface area contributed by atoms with Crippen LogP contribution in [0.15, 0.2) is 36.4 Å². The van der Waals surface area contributed by atoms with Gasteiger partial charge < -0.3 is 20.3 Å². The molecule has 1 unspecified atom stereocenters. The Morgan fingerprint density at radius 2 is 1.86 bits per heavy atom. The van der Waals surface area contributed by atoms with Gasteiger partial charge in [0, 0.05) is 42.2 Å². The number of aliphatic carboxylic acids is 1. The number of fused-ring (bicyclic) bond motifs is 3. The topological polar surface area (TPSA) is 103 Å². The zero-order chi connectivity index (χ0) is 25.1. The lowest BCUT2D eigenvalue weighted by Gasteiger charge is -2.35. The first-order valence-corrected chi connectivity index (χ1v) is 11.2. The van der Waals surface area contributed by atoms with E-state index in [9.17, 15) is 23.2 Å². The molecule has 4 rings (SSSR count). The fourth-order valence-electron chi connectivity index (χ4n) is 4.50. The molecule has 2 aromatic carbocycles. The fourth-order valence-corrected chi connectivity index (χ4v) is 4.50. The Balaban J connectivity index is 1.60. The number of aromatic nitrogens is 1. The standard InChI is InChI=1S/C26H23F2N3O4/c1-2-22(33)31-12-11-18-19-13-16(27)14-20(28)24(19)30-25(18)26(31)15-7-9-17(10-8-15)29-21(32)5-3-4-6-23(34)35/h1,7-10,13-14,26,30H,3-6,11-12H2,(H,29,32)(H,34,35). The summed E-state index contributed by atoms with van der Waals surface area (Å²) in [6, 6.07) is 8.28. The molecule has 180 valence electrons. The minimum absolute atomic E-state index is 0.0164. The summed E-state index contributed by atoms with van der Waals surface area (Å²) in [4.78, 5) is 39.8. The van der Waals surface area contributed by atoms with Crippen LogP contribution in [-0.2, 0) is 20.8 Å². The Kier molecular flexibility index (Phi) is 6.82. The second-order valence-electron chi connectivity index (χ2n) is 8.39. The number of carbonyl (C=O) groups is 3. The largest absolute Gasteiger partial charge is 0.481 e. The summed E-state index contributed by atoms with van der Waals surface area (Å²) in [5.74, 6) is -0.922. The van der Waals surface area contributed by atoms with E-state index in [0.717, 1.165) is 11.6 Å². The lowest BCUT2D eigenvalue weighted by Crippen LogP contribution is -2.39. The molecule has 0 bridgehead atoms. The summed E-state index contributed by atoms with van der Waals surface area (Å²) in [5, 5.41) is 11.9. The zero-order valence-electron chi connectivity index (χ0n) is 18.7. The predicted octanol–water partition coefficient (Wildman–Crippen LogP) is 4.14. The van der Waals surface area contributed by atoms with Gasteiger partial charge in [-0.3, -0.25) is 14.4 Å². The number of aromatic amines is 1. The van der Waals surface area contributed by atoms with Gasteiger partial charge in [0.25, 0.3) is 5.91 Å². The molecule has 2 amide bonds. The van der Waals surface area contributed by atoms with Gasteiger partial charge in [-0.1, -0.05) is 12.1 Å². The highest BCUT2D eigenvalue weighted by atomic mass is 19.1. The molecule has 0 saturated heterocycles. The van der Waals surface area contributed by atoms with Crippen LogP contribution in [0.3, 0.4) is 0 Å². The summed E-state index contributed by atoms with van der Waals surface area (Å²) in [6.45, 7) is 0.278. The van der Waals surface area contributed by atoms with E-state index in [-0.39, 0.29) is 30.8 Å². The molecular weight excluding hydrogens is 456 g/mol. The van der Waals surface area contributed by atoms with Crippen LogP contribution >= 0.6 is 0 Å². The monoisotopic (exact) mass is 479 g/mol. The average Bonchev–Trinajstić information content (AvgIpc) is 3.20. The Hall–Kier alpha value is -4.19. The summed E-state index contributed by atoms with van der Waals surface area (Å²) in [5.41, 5.74) is 2.68. The van der Waals surface area contributed by atoms with E-state index in [4.69, 9.17) is 11.5 Å². The normalized spacial score (nSPS) is 14.9. The third-order valence-electron chi connectivity index (χ3n) is 6.09. The number of hydrogen-bond acceptors (Lipinski definition) is 3. The number of benzene rings is 2. The number of carbonyl (C=O) groups excluding carboxylic acids is 2. The first-order chi connectivity index (χ1) is 16.8. The number of anilines is 1. The Morgan fingerprint density at radius 1 is 1.14 bits per heavy atom. The minimum Gasteiger partial charge on any atom is -0.481 e. The van der Waals surface area contributed by atoms with Crippen molar-refractivity contribution in [2.75, 3.05) is 11.9 Å². The SMILES string of the molecule is C#CC(=O)N1CCc2c([nH]c3c(F)cc(F)cc23)C1c1ccc(NC(=O)CCCCC(=O)O)cc1. The second-order valence-corrected chi connectivity index (χ2v) is 8.39. The van der Waals surface area contributed by atoms with Crippen molar-refractivity contribution in [1.82, 2.24) is 9.88 Å². The number of carboxylic acids is 1. The van der Waals surface area contributed by atoms with E-state index >= 15 is 0 Å². The lowest BCUT2D eigenvalue weighted by molar-refractivity contribution is -0.137. The van der Waals surface area contributed by atoms with Crippen molar-refractivity contribution in [1.29, 1.82) is 0 Å². The molecule has 0 saturated carbocycles. The van der Waals surface area contributed by atoms with Gasteiger partial charge in [-0.25, -0.2) is 8.78 Å². The molecule has 2 heterocycles. The van der Waals surface area contributed by atoms with E-state index < -0.39 is 29.6 Å². The second kappa shape index (κ2) is 9.97. The van der Waals surface area contributed by atoms with Gasteiger partial charge in [0.1, 0.15) is 11.6 Å². The third kappa shape index (κ3) is 5.01. The van der Waals surface area contributed by atoms with Gasteiger partial charge in [-0.05, 0) is 54.5 Å². The fraction of sp³-hybridized carbons (Fsp3) is 0.269. The maximum absolute atomic E-state index is 14.5. The Labute approximate surface area is 200 Å². The third-order valence-corrected chi connectivity index (χ3v) is 6.09. The maximum Gasteiger partial charge on any atom is 0.303 e. The molecule has 1 aliphatic rings. The van der Waals surface area contributed by atoms with Crippen molar-refractivity contribution in [3.8, 4) is 12.3 Å². The minimum atomic E-state index is -0.896. The number of nitrogens with zero attached hydrogens (tertiary/aromatic N) is 1. The van der Waals surface area contributed by atoms with Crippen molar-refractivity contribution < 1.29 is 28.3 Å². The number of rotatable bonds is 7. The molecule has 0 aliphatic carbocycles. The molecule has 0 spiro atoms. The molecule has 1 aromatic heterocycles. The Bertz CT molecular complexity index is 1340. The molecule has 9 heteroatoms. The van der Waals surface area contributed by atoms with Crippen LogP contribution in [0.1, 0.15) is 48.5 Å². The number of halogens is 2. The molecule has 7 nitrogen and oxygen atoms in total. The van der Waals surface area contributed by atoms with Crippen LogP contribution in [-0.4, -0.2) is 39.3 Å². The van der Waals surface area contributed by atoms with Gasteiger partial charge in [0.05, 0.1) is 11.6 Å². The number of carboxylic acid groups (broad SMARTS) is 1. The molecule has 35 heavy (non-hydrogen) atoms. The molecule has 1 aliphatic heterocycles. The van der Waals surface area contributed by atoms with E-state index in [1.165, 1.54) is 11.0 Å². The van der Waals surface area contributed by atoms with Crippen LogP contribution in [0.4, 0.5) is 14.5 Å². The van der Waals surface area contributed by atoms with Crippen molar-refractivity contribution in [2.24, 2.45) is 0 Å². The number of terminal acetylenes is 1. The van der Waals surface area contributed by atoms with Crippen LogP contribution in [0.2, 0.25) is 0 Å². The van der Waals surface area contributed by atoms with Gasteiger partial charge in [0.2, 0.25) is 5.91 Å². The molecule has 1 atom stereocenters. The molecule has 3 aromatic rings. The first kappa shape index (κ1) is 24.0. The van der Waals surface area contributed by atoms with Gasteiger partial charge in [-0.2, -0.15) is 0 Å². The highest BCUT2D eigenvalue weighted by Gasteiger charge is 2.34. The van der Waals surface area contributed by atoms with Gasteiger partial charge >= 0.3 is 5.97 Å². The van der Waals surface area contributed by atoms with E-state index in [1.54, 1.807) is 24.3 Å². The van der Waals surface area contributed by atoms with Crippen molar-refractivity contribution in [2.45, 2.75) is 38.1 Å². The van der Waals surface area contributed by atoms with Crippen molar-refractivity contribution >= 4 is 34.4 Å². The summed E-state index contributed by atoms with van der Waals surface area (Å²) < 4.78 is 28.4. The quantitative estimate of drug-likeness (QED) is 0.350. The van der Waals surface area contributed by atoms with Crippen LogP contribution in [0.5, 0.6) is 0 Å². The predicted molar refractivity (Wildman–Crippen MR) is 125 cm³/mol. The molecule has 3 N–H and O–H groups in total. The molecule has 0 radical (unpaired) electrons. The summed E-state index contributed by atoms with van der Waals surface area (Å²) in [7, 11) is 0. The number of nitrogens with one attached hydrogen (secondary N) is 2. The van der Waals surface area contributed by atoms with Crippen LogP contribution in [0.25, 0.3) is 10.9 Å². The van der Waals surface area contributed by atoms with E-state index in [0.29, 0.717) is 41.6 Å². The number of H-pyrrole nitrogens is 1. The van der Waals surface area contributed by atoms with E-state index in [2.05, 4.69) is 16.2 Å². The maximum atomic E-state index is 14.5. The first-order valence-electron chi connectivity index (χ1n) is 11.2. The molecular formula is C26H23F2N3O4. The zero-order valence-corrected chi connectivity index (χ0v) is 18.7. The Morgan fingerprint density at radius 3 is 2.54 bits per heavy atom. The average molecular weight is 479 g/mol. The highest BCUT2D eigenvalue weighted by Crippen LogP contribution is 2.39. The van der Waals surface area contributed by atoms with Crippen molar-refractivity contribution in [3.05, 3.63) is 64.9 Å². The van der Waals surface area contributed by atoms with E-state index in [1.807, 2.05) is 0 Å². The summed E-state index contributed by atoms with van der Waals surface area (Å²) in [6.07, 6.45) is 6.86. The van der Waals surface area contributed by atoms with Crippen LogP contribution in [0, 0.1) is 24.0 Å². The summed E-state index contributed by atoms with van der Waals surface area (Å²) >= 11 is 0. The van der Waals surface area contributed by atoms with Gasteiger partial charge in [-0.15, -0.1) is 6.42 Å². The number of hydrogen-bond donors (Lipinski definition) is 3. The smallest absolute Gasteiger partial charge is 0.303 e.